The van der Waals surface area contributed by atoms with Crippen molar-refractivity contribution < 1.29 is 14.7 Å². The van der Waals surface area contributed by atoms with Crippen LogP contribution < -0.4 is 0 Å². The Hall–Kier alpha value is -1.55. The summed E-state index contributed by atoms with van der Waals surface area (Å²) in [6.07, 6.45) is 0.857. The van der Waals surface area contributed by atoms with Crippen molar-refractivity contribution in [1.82, 2.24) is 4.90 Å². The molecule has 5 heteroatoms. The average Bonchev–Trinajstić information content (AvgIpc) is 2.36. The van der Waals surface area contributed by atoms with E-state index in [0.29, 0.717) is 24.4 Å². The SMILES string of the molecule is CCN(CC(=O)O)C(=O)CCc1ccc(C)c(Cl)c1. The first kappa shape index (κ1) is 15.5. The first-order chi connectivity index (χ1) is 8.93. The molecule has 1 aromatic carbocycles. The van der Waals surface area contributed by atoms with E-state index in [1.165, 1.54) is 4.90 Å². The molecule has 19 heavy (non-hydrogen) atoms. The van der Waals surface area contributed by atoms with Crippen molar-refractivity contribution in [2.75, 3.05) is 13.1 Å². The van der Waals surface area contributed by atoms with E-state index in [2.05, 4.69) is 0 Å². The fraction of sp³-hybridized carbons (Fsp3) is 0.429. The molecule has 1 rings (SSSR count). The number of amides is 1. The van der Waals surface area contributed by atoms with E-state index in [0.717, 1.165) is 11.1 Å². The average molecular weight is 284 g/mol. The fourth-order valence-electron chi connectivity index (χ4n) is 1.74. The number of benzene rings is 1. The van der Waals surface area contributed by atoms with Gasteiger partial charge >= 0.3 is 5.97 Å². The van der Waals surface area contributed by atoms with Gasteiger partial charge in [0.2, 0.25) is 5.91 Å². The third-order valence-corrected chi connectivity index (χ3v) is 3.33. The highest BCUT2D eigenvalue weighted by Crippen LogP contribution is 2.17. The van der Waals surface area contributed by atoms with Gasteiger partial charge in [-0.3, -0.25) is 9.59 Å². The number of carboxylic acids is 1. The molecule has 0 bridgehead atoms. The number of aliphatic carboxylic acids is 1. The maximum atomic E-state index is 11.9. The van der Waals surface area contributed by atoms with Crippen LogP contribution in [-0.2, 0) is 16.0 Å². The molecule has 0 aliphatic heterocycles. The first-order valence-electron chi connectivity index (χ1n) is 6.18. The van der Waals surface area contributed by atoms with Gasteiger partial charge in [-0.1, -0.05) is 23.7 Å². The van der Waals surface area contributed by atoms with Gasteiger partial charge in [-0.2, -0.15) is 0 Å². The zero-order chi connectivity index (χ0) is 14.4. The number of hydrogen-bond donors (Lipinski definition) is 1. The van der Waals surface area contributed by atoms with Crippen LogP contribution in [0.3, 0.4) is 0 Å². The maximum absolute atomic E-state index is 11.9. The summed E-state index contributed by atoms with van der Waals surface area (Å²) in [7, 11) is 0. The van der Waals surface area contributed by atoms with Crippen LogP contribution in [0.5, 0.6) is 0 Å². The quantitative estimate of drug-likeness (QED) is 0.873. The van der Waals surface area contributed by atoms with E-state index in [-0.39, 0.29) is 12.5 Å². The monoisotopic (exact) mass is 283 g/mol. The predicted octanol–water partition coefficient (Wildman–Crippen LogP) is 2.51. The molecule has 0 heterocycles. The Balaban J connectivity index is 2.57. The van der Waals surface area contributed by atoms with Gasteiger partial charge < -0.3 is 10.0 Å². The number of nitrogens with zero attached hydrogens (tertiary/aromatic N) is 1. The van der Waals surface area contributed by atoms with E-state index in [1.807, 2.05) is 25.1 Å². The van der Waals surface area contributed by atoms with Crippen molar-refractivity contribution in [1.29, 1.82) is 0 Å². The van der Waals surface area contributed by atoms with Gasteiger partial charge in [-0.05, 0) is 37.5 Å². The number of hydrogen-bond acceptors (Lipinski definition) is 2. The summed E-state index contributed by atoms with van der Waals surface area (Å²) < 4.78 is 0. The van der Waals surface area contributed by atoms with Crippen LogP contribution in [0, 0.1) is 6.92 Å². The zero-order valence-corrected chi connectivity index (χ0v) is 11.9. The van der Waals surface area contributed by atoms with Crippen LogP contribution in [0.25, 0.3) is 0 Å². The number of rotatable bonds is 6. The maximum Gasteiger partial charge on any atom is 0.323 e. The molecule has 1 amide bonds. The summed E-state index contributed by atoms with van der Waals surface area (Å²) >= 11 is 6.01. The lowest BCUT2D eigenvalue weighted by atomic mass is 10.1. The second-order valence-corrected chi connectivity index (χ2v) is 4.79. The summed E-state index contributed by atoms with van der Waals surface area (Å²) in [4.78, 5) is 23.8. The van der Waals surface area contributed by atoms with Crippen LogP contribution in [0.2, 0.25) is 5.02 Å². The molecule has 0 fully saturated rings. The minimum atomic E-state index is -0.992. The summed E-state index contributed by atoms with van der Waals surface area (Å²) in [6.45, 7) is 3.84. The number of carbonyl (C=O) groups is 2. The molecule has 0 atom stereocenters. The Kier molecular flexibility index (Phi) is 5.83. The third-order valence-electron chi connectivity index (χ3n) is 2.92. The largest absolute Gasteiger partial charge is 0.480 e. The zero-order valence-electron chi connectivity index (χ0n) is 11.1. The summed E-state index contributed by atoms with van der Waals surface area (Å²) in [5.41, 5.74) is 1.98. The van der Waals surface area contributed by atoms with E-state index in [9.17, 15) is 9.59 Å². The molecule has 4 nitrogen and oxygen atoms in total. The molecule has 1 aromatic rings. The van der Waals surface area contributed by atoms with Crippen LogP contribution in [0.1, 0.15) is 24.5 Å². The molecule has 0 saturated heterocycles. The summed E-state index contributed by atoms with van der Waals surface area (Å²) in [5.74, 6) is -1.14. The van der Waals surface area contributed by atoms with Gasteiger partial charge in [0.15, 0.2) is 0 Å². The van der Waals surface area contributed by atoms with Crippen molar-refractivity contribution in [3.63, 3.8) is 0 Å². The second-order valence-electron chi connectivity index (χ2n) is 4.39. The highest BCUT2D eigenvalue weighted by atomic mass is 35.5. The summed E-state index contributed by atoms with van der Waals surface area (Å²) in [6, 6.07) is 5.69. The van der Waals surface area contributed by atoms with Crippen molar-refractivity contribution in [3.8, 4) is 0 Å². The van der Waals surface area contributed by atoms with E-state index >= 15 is 0 Å². The van der Waals surface area contributed by atoms with Crippen LogP contribution in [0.4, 0.5) is 0 Å². The van der Waals surface area contributed by atoms with Gasteiger partial charge in [0.25, 0.3) is 0 Å². The Morgan fingerprint density at radius 2 is 2.05 bits per heavy atom. The molecule has 1 N–H and O–H groups in total. The standard InChI is InChI=1S/C14H18ClNO3/c1-3-16(9-14(18)19)13(17)7-6-11-5-4-10(2)12(15)8-11/h4-5,8H,3,6-7,9H2,1-2H3,(H,18,19). The Bertz CT molecular complexity index is 474. The summed E-state index contributed by atoms with van der Waals surface area (Å²) in [5, 5.41) is 9.39. The third kappa shape index (κ3) is 4.91. The van der Waals surface area contributed by atoms with Gasteiger partial charge in [0.1, 0.15) is 6.54 Å². The second kappa shape index (κ2) is 7.14. The molecule has 0 unspecified atom stereocenters. The minimum Gasteiger partial charge on any atom is -0.480 e. The number of carbonyl (C=O) groups excluding carboxylic acids is 1. The van der Waals surface area contributed by atoms with Crippen LogP contribution in [0.15, 0.2) is 18.2 Å². The number of halogens is 1. The minimum absolute atomic E-state index is 0.151. The lowest BCUT2D eigenvalue weighted by Crippen LogP contribution is -2.35. The molecule has 0 radical (unpaired) electrons. The van der Waals surface area contributed by atoms with Crippen molar-refractivity contribution in [3.05, 3.63) is 34.3 Å². The number of aryl methyl sites for hydroxylation is 2. The van der Waals surface area contributed by atoms with Gasteiger partial charge in [0, 0.05) is 18.0 Å². The van der Waals surface area contributed by atoms with E-state index < -0.39 is 5.97 Å². The Labute approximate surface area is 118 Å². The van der Waals surface area contributed by atoms with Crippen molar-refractivity contribution in [2.24, 2.45) is 0 Å². The molecule has 0 aliphatic carbocycles. The lowest BCUT2D eigenvalue weighted by molar-refractivity contribution is -0.144. The molecule has 0 aromatic heterocycles. The predicted molar refractivity (Wildman–Crippen MR) is 74.4 cm³/mol. The van der Waals surface area contributed by atoms with Crippen LogP contribution in [-0.4, -0.2) is 35.0 Å². The number of carboxylic acid groups (broad SMARTS) is 1. The van der Waals surface area contributed by atoms with Gasteiger partial charge in [0.05, 0.1) is 0 Å². The normalized spacial score (nSPS) is 10.3. The first-order valence-corrected chi connectivity index (χ1v) is 6.56. The highest BCUT2D eigenvalue weighted by molar-refractivity contribution is 6.31. The van der Waals surface area contributed by atoms with Crippen molar-refractivity contribution in [2.45, 2.75) is 26.7 Å². The van der Waals surface area contributed by atoms with Crippen molar-refractivity contribution >= 4 is 23.5 Å². The molecular formula is C14H18ClNO3. The lowest BCUT2D eigenvalue weighted by Gasteiger charge is -2.18. The Morgan fingerprint density at radius 3 is 2.58 bits per heavy atom. The Morgan fingerprint density at radius 1 is 1.37 bits per heavy atom. The molecule has 0 saturated carbocycles. The molecular weight excluding hydrogens is 266 g/mol. The van der Waals surface area contributed by atoms with Crippen LogP contribution >= 0.6 is 11.6 Å². The fourth-order valence-corrected chi connectivity index (χ4v) is 1.94. The molecule has 104 valence electrons. The number of likely N-dealkylation sites (N-methyl/N-ethyl adjacent to an activating group) is 1. The smallest absolute Gasteiger partial charge is 0.323 e. The topological polar surface area (TPSA) is 57.6 Å². The molecule has 0 spiro atoms. The van der Waals surface area contributed by atoms with Gasteiger partial charge in [-0.25, -0.2) is 0 Å². The van der Waals surface area contributed by atoms with Gasteiger partial charge in [-0.15, -0.1) is 0 Å². The van der Waals surface area contributed by atoms with E-state index in [4.69, 9.17) is 16.7 Å². The van der Waals surface area contributed by atoms with E-state index in [1.54, 1.807) is 6.92 Å². The molecule has 0 aliphatic rings. The highest BCUT2D eigenvalue weighted by Gasteiger charge is 2.14.